The molecule has 0 aliphatic rings. The second-order valence-corrected chi connectivity index (χ2v) is 6.35. The van der Waals surface area contributed by atoms with Gasteiger partial charge in [-0.25, -0.2) is 0 Å². The molecule has 8 heteroatoms. The maximum atomic E-state index is 12.2. The summed E-state index contributed by atoms with van der Waals surface area (Å²) in [6, 6.07) is 8.99. The molecule has 0 aromatic heterocycles. The molecule has 0 saturated heterocycles. The molecule has 0 spiro atoms. The Morgan fingerprint density at radius 2 is 1.68 bits per heavy atom. The molecule has 0 atom stereocenters. The van der Waals surface area contributed by atoms with Crippen molar-refractivity contribution in [1.29, 1.82) is 0 Å². The van der Waals surface area contributed by atoms with Gasteiger partial charge in [-0.2, -0.15) is 0 Å². The number of hydrogen-bond acceptors (Lipinski definition) is 6. The van der Waals surface area contributed by atoms with E-state index in [0.717, 1.165) is 17.2 Å². The number of primary amides is 1. The highest BCUT2D eigenvalue weighted by Gasteiger charge is 2.18. The van der Waals surface area contributed by atoms with Gasteiger partial charge in [0.25, 0.3) is 5.69 Å². The maximum Gasteiger partial charge on any atom is 0.306 e. The SMILES string of the molecule is Cc1ccc(C(=O)CCC(=O)OCc2ccc(C(N)=O)cc2[N+](=O)[O-])cc1C. The molecule has 0 aliphatic heterocycles. The summed E-state index contributed by atoms with van der Waals surface area (Å²) in [6.45, 7) is 3.50. The molecular weight excluding hydrogens is 364 g/mol. The van der Waals surface area contributed by atoms with E-state index in [2.05, 4.69) is 0 Å². The van der Waals surface area contributed by atoms with Gasteiger partial charge in [0.05, 0.1) is 16.9 Å². The molecule has 0 unspecified atom stereocenters. The van der Waals surface area contributed by atoms with Gasteiger partial charge in [-0.3, -0.25) is 24.5 Å². The van der Waals surface area contributed by atoms with E-state index in [1.54, 1.807) is 12.1 Å². The summed E-state index contributed by atoms with van der Waals surface area (Å²) in [5.74, 6) is -1.63. The van der Waals surface area contributed by atoms with Crippen LogP contribution in [0, 0.1) is 24.0 Å². The van der Waals surface area contributed by atoms with Gasteiger partial charge in [-0.1, -0.05) is 12.1 Å². The molecule has 0 saturated carbocycles. The topological polar surface area (TPSA) is 130 Å². The molecule has 1 amide bonds. The van der Waals surface area contributed by atoms with Gasteiger partial charge in [-0.05, 0) is 43.2 Å². The number of carbonyl (C=O) groups is 3. The van der Waals surface area contributed by atoms with Crippen molar-refractivity contribution < 1.29 is 24.0 Å². The van der Waals surface area contributed by atoms with Crippen molar-refractivity contribution in [2.75, 3.05) is 0 Å². The Hall–Kier alpha value is -3.55. The first-order chi connectivity index (χ1) is 13.2. The number of esters is 1. The average Bonchev–Trinajstić information content (AvgIpc) is 2.66. The first-order valence-corrected chi connectivity index (χ1v) is 8.52. The number of hydrogen-bond donors (Lipinski definition) is 1. The van der Waals surface area contributed by atoms with Crippen molar-refractivity contribution in [3.05, 3.63) is 74.3 Å². The summed E-state index contributed by atoms with van der Waals surface area (Å²) in [4.78, 5) is 45.7. The normalized spacial score (nSPS) is 10.4. The molecule has 2 aromatic carbocycles. The minimum Gasteiger partial charge on any atom is -0.461 e. The van der Waals surface area contributed by atoms with Crippen LogP contribution in [-0.4, -0.2) is 22.6 Å². The number of nitrogens with two attached hydrogens (primary N) is 1. The summed E-state index contributed by atoms with van der Waals surface area (Å²) in [5, 5.41) is 11.1. The molecule has 0 fully saturated rings. The number of nitro benzene ring substituents is 1. The molecule has 2 N–H and O–H groups in total. The van der Waals surface area contributed by atoms with Crippen LogP contribution in [0.1, 0.15) is 50.2 Å². The van der Waals surface area contributed by atoms with Crippen molar-refractivity contribution in [3.8, 4) is 0 Å². The number of ether oxygens (including phenoxy) is 1. The van der Waals surface area contributed by atoms with Gasteiger partial charge in [0, 0.05) is 23.6 Å². The van der Waals surface area contributed by atoms with Crippen LogP contribution in [0.3, 0.4) is 0 Å². The number of Topliss-reactive ketones (excluding diaryl/α,β-unsaturated/α-hetero) is 1. The monoisotopic (exact) mass is 384 g/mol. The van der Waals surface area contributed by atoms with Crippen LogP contribution in [0.25, 0.3) is 0 Å². The summed E-state index contributed by atoms with van der Waals surface area (Å²) in [7, 11) is 0. The number of carbonyl (C=O) groups excluding carboxylic acids is 3. The lowest BCUT2D eigenvalue weighted by Gasteiger charge is -2.07. The molecule has 8 nitrogen and oxygen atoms in total. The predicted molar refractivity (Wildman–Crippen MR) is 101 cm³/mol. The molecular formula is C20H20N2O6. The molecule has 0 bridgehead atoms. The van der Waals surface area contributed by atoms with E-state index in [4.69, 9.17) is 10.5 Å². The predicted octanol–water partition coefficient (Wildman–Crippen LogP) is 3.02. The van der Waals surface area contributed by atoms with E-state index in [-0.39, 0.29) is 42.0 Å². The molecule has 2 rings (SSSR count). The Morgan fingerprint density at radius 3 is 2.29 bits per heavy atom. The van der Waals surface area contributed by atoms with Crippen LogP contribution in [0.15, 0.2) is 36.4 Å². The lowest BCUT2D eigenvalue weighted by Crippen LogP contribution is -2.12. The number of aryl methyl sites for hydroxylation is 2. The van der Waals surface area contributed by atoms with Crippen LogP contribution < -0.4 is 5.73 Å². The zero-order chi connectivity index (χ0) is 20.8. The van der Waals surface area contributed by atoms with Crippen molar-refractivity contribution in [3.63, 3.8) is 0 Å². The van der Waals surface area contributed by atoms with E-state index in [1.165, 1.54) is 12.1 Å². The number of benzene rings is 2. The molecule has 0 aliphatic carbocycles. The number of nitro groups is 1. The average molecular weight is 384 g/mol. The van der Waals surface area contributed by atoms with Gasteiger partial charge in [0.15, 0.2) is 5.78 Å². The van der Waals surface area contributed by atoms with E-state index >= 15 is 0 Å². The standard InChI is InChI=1S/C20H20N2O6/c1-12-3-4-14(9-13(12)2)18(23)7-8-19(24)28-11-16-6-5-15(20(21)25)10-17(16)22(26)27/h3-6,9-10H,7-8,11H2,1-2H3,(H2,21,25). The summed E-state index contributed by atoms with van der Waals surface area (Å²) in [5.41, 5.74) is 7.44. The highest BCUT2D eigenvalue weighted by Crippen LogP contribution is 2.21. The minimum atomic E-state index is -0.795. The first kappa shape index (κ1) is 20.8. The lowest BCUT2D eigenvalue weighted by atomic mass is 10.0. The Kier molecular flexibility index (Phi) is 6.59. The summed E-state index contributed by atoms with van der Waals surface area (Å²) >= 11 is 0. The third-order valence-electron chi connectivity index (χ3n) is 4.34. The summed E-state index contributed by atoms with van der Waals surface area (Å²) in [6.07, 6.45) is -0.164. The fraction of sp³-hybridized carbons (Fsp3) is 0.250. The zero-order valence-electron chi connectivity index (χ0n) is 15.6. The zero-order valence-corrected chi connectivity index (χ0v) is 15.6. The number of nitrogens with zero attached hydrogens (tertiary/aromatic N) is 1. The van der Waals surface area contributed by atoms with Crippen LogP contribution in [0.2, 0.25) is 0 Å². The van der Waals surface area contributed by atoms with Crippen molar-refractivity contribution >= 4 is 23.3 Å². The lowest BCUT2D eigenvalue weighted by molar-refractivity contribution is -0.385. The fourth-order valence-electron chi connectivity index (χ4n) is 2.51. The highest BCUT2D eigenvalue weighted by molar-refractivity contribution is 5.97. The smallest absolute Gasteiger partial charge is 0.306 e. The fourth-order valence-corrected chi connectivity index (χ4v) is 2.51. The van der Waals surface area contributed by atoms with Crippen LogP contribution >= 0.6 is 0 Å². The molecule has 146 valence electrons. The Morgan fingerprint density at radius 1 is 1.00 bits per heavy atom. The van der Waals surface area contributed by atoms with Crippen LogP contribution in [0.5, 0.6) is 0 Å². The van der Waals surface area contributed by atoms with Crippen molar-refractivity contribution in [2.45, 2.75) is 33.3 Å². The van der Waals surface area contributed by atoms with E-state index < -0.39 is 16.8 Å². The van der Waals surface area contributed by atoms with E-state index in [0.29, 0.717) is 5.56 Å². The number of amides is 1. The molecule has 28 heavy (non-hydrogen) atoms. The number of rotatable bonds is 8. The van der Waals surface area contributed by atoms with Crippen molar-refractivity contribution in [1.82, 2.24) is 0 Å². The van der Waals surface area contributed by atoms with Crippen LogP contribution in [0.4, 0.5) is 5.69 Å². The second kappa shape index (κ2) is 8.90. The van der Waals surface area contributed by atoms with Gasteiger partial charge < -0.3 is 10.5 Å². The van der Waals surface area contributed by atoms with E-state index in [1.807, 2.05) is 19.9 Å². The second-order valence-electron chi connectivity index (χ2n) is 6.35. The quantitative estimate of drug-likeness (QED) is 0.322. The molecule has 2 aromatic rings. The third-order valence-corrected chi connectivity index (χ3v) is 4.34. The van der Waals surface area contributed by atoms with Gasteiger partial charge in [0.1, 0.15) is 6.61 Å². The Labute approximate surface area is 161 Å². The minimum absolute atomic E-state index is 0.0132. The van der Waals surface area contributed by atoms with Crippen LogP contribution in [-0.2, 0) is 16.1 Å². The van der Waals surface area contributed by atoms with Gasteiger partial charge in [0.2, 0.25) is 5.91 Å². The summed E-state index contributed by atoms with van der Waals surface area (Å²) < 4.78 is 5.04. The maximum absolute atomic E-state index is 12.2. The molecule has 0 radical (unpaired) electrons. The van der Waals surface area contributed by atoms with E-state index in [9.17, 15) is 24.5 Å². The Bertz CT molecular complexity index is 952. The Balaban J connectivity index is 1.95. The molecule has 0 heterocycles. The number of ketones is 1. The largest absolute Gasteiger partial charge is 0.461 e. The third kappa shape index (κ3) is 5.23. The highest BCUT2D eigenvalue weighted by atomic mass is 16.6. The van der Waals surface area contributed by atoms with Gasteiger partial charge in [-0.15, -0.1) is 0 Å². The first-order valence-electron chi connectivity index (χ1n) is 8.52. The van der Waals surface area contributed by atoms with Gasteiger partial charge >= 0.3 is 5.97 Å². The van der Waals surface area contributed by atoms with Crippen molar-refractivity contribution in [2.24, 2.45) is 5.73 Å².